The van der Waals surface area contributed by atoms with E-state index in [1.807, 2.05) is 12.1 Å². The summed E-state index contributed by atoms with van der Waals surface area (Å²) in [4.78, 5) is 0. The Bertz CT molecular complexity index is 329. The lowest BCUT2D eigenvalue weighted by atomic mass is 9.94. The largest absolute Gasteiger partial charge is 0.435 e. The van der Waals surface area contributed by atoms with E-state index in [1.165, 1.54) is 0 Å². The Morgan fingerprint density at radius 2 is 2.06 bits per heavy atom. The molecule has 0 amide bonds. The van der Waals surface area contributed by atoms with Crippen LogP contribution in [0.3, 0.4) is 0 Å². The van der Waals surface area contributed by atoms with Crippen molar-refractivity contribution < 1.29 is 13.9 Å². The monoisotopic (exact) mass is 224 g/mol. The maximum atomic E-state index is 5.65. The summed E-state index contributed by atoms with van der Waals surface area (Å²) in [6, 6.07) is 3.84. The first-order chi connectivity index (χ1) is 7.55. The van der Waals surface area contributed by atoms with Gasteiger partial charge in [-0.2, -0.15) is 0 Å². The molecule has 0 radical (unpaired) electrons. The van der Waals surface area contributed by atoms with Gasteiger partial charge >= 0.3 is 0 Å². The minimum Gasteiger partial charge on any atom is -0.435 e. The van der Waals surface area contributed by atoms with E-state index < -0.39 is 0 Å². The van der Waals surface area contributed by atoms with Crippen LogP contribution < -0.4 is 4.74 Å². The molecule has 3 nitrogen and oxygen atoms in total. The molecule has 1 aliphatic heterocycles. The minimum atomic E-state index is -0.132. The van der Waals surface area contributed by atoms with Crippen LogP contribution in [0.5, 0.6) is 5.95 Å². The van der Waals surface area contributed by atoms with Crippen molar-refractivity contribution >= 4 is 0 Å². The first-order valence-electron chi connectivity index (χ1n) is 5.94. The molecule has 1 aromatic rings. The highest BCUT2D eigenvalue weighted by atomic mass is 16.7. The van der Waals surface area contributed by atoms with E-state index in [4.69, 9.17) is 13.9 Å². The summed E-state index contributed by atoms with van der Waals surface area (Å²) in [6.45, 7) is 7.14. The first-order valence-corrected chi connectivity index (χ1v) is 5.94. The Balaban J connectivity index is 1.97. The molecule has 0 aliphatic carbocycles. The van der Waals surface area contributed by atoms with Crippen molar-refractivity contribution in [1.82, 2.24) is 0 Å². The maximum Gasteiger partial charge on any atom is 0.286 e. The summed E-state index contributed by atoms with van der Waals surface area (Å²) in [6.07, 6.45) is 3.11. The highest BCUT2D eigenvalue weighted by Crippen LogP contribution is 2.29. The van der Waals surface area contributed by atoms with Crippen LogP contribution >= 0.6 is 0 Å². The molecule has 1 saturated heterocycles. The Labute approximate surface area is 96.7 Å². The van der Waals surface area contributed by atoms with Gasteiger partial charge in [-0.05, 0) is 18.9 Å². The molecule has 90 valence electrons. The third-order valence-electron chi connectivity index (χ3n) is 2.71. The predicted molar refractivity (Wildman–Crippen MR) is 61.6 cm³/mol. The van der Waals surface area contributed by atoms with Crippen LogP contribution in [0.2, 0.25) is 0 Å². The van der Waals surface area contributed by atoms with Gasteiger partial charge in [0.2, 0.25) is 6.29 Å². The van der Waals surface area contributed by atoms with E-state index in [0.717, 1.165) is 31.6 Å². The fourth-order valence-corrected chi connectivity index (χ4v) is 1.72. The Hall–Kier alpha value is -0.960. The molecule has 0 saturated carbocycles. The van der Waals surface area contributed by atoms with Gasteiger partial charge in [0.05, 0.1) is 6.61 Å². The summed E-state index contributed by atoms with van der Waals surface area (Å²) in [5.41, 5.74) is 0.0228. The van der Waals surface area contributed by atoms with Gasteiger partial charge in [-0.3, -0.25) is 0 Å². The van der Waals surface area contributed by atoms with Gasteiger partial charge < -0.3 is 13.9 Å². The van der Waals surface area contributed by atoms with Gasteiger partial charge in [0, 0.05) is 17.9 Å². The van der Waals surface area contributed by atoms with Crippen LogP contribution in [0.25, 0.3) is 0 Å². The van der Waals surface area contributed by atoms with Crippen molar-refractivity contribution in [2.24, 2.45) is 0 Å². The fourth-order valence-electron chi connectivity index (χ4n) is 1.72. The quantitative estimate of drug-likeness (QED) is 0.770. The molecule has 3 heteroatoms. The summed E-state index contributed by atoms with van der Waals surface area (Å²) < 4.78 is 16.8. The number of ether oxygens (including phenoxy) is 2. The van der Waals surface area contributed by atoms with Crippen LogP contribution in [0.1, 0.15) is 45.8 Å². The zero-order valence-electron chi connectivity index (χ0n) is 10.3. The van der Waals surface area contributed by atoms with Crippen molar-refractivity contribution in [3.8, 4) is 5.95 Å². The van der Waals surface area contributed by atoms with Crippen LogP contribution in [-0.4, -0.2) is 12.9 Å². The molecule has 0 N–H and O–H groups in total. The zero-order valence-corrected chi connectivity index (χ0v) is 10.3. The van der Waals surface area contributed by atoms with E-state index in [0.29, 0.717) is 5.95 Å². The molecule has 16 heavy (non-hydrogen) atoms. The van der Waals surface area contributed by atoms with Crippen LogP contribution in [-0.2, 0) is 10.2 Å². The van der Waals surface area contributed by atoms with Crippen LogP contribution in [0.15, 0.2) is 16.5 Å². The van der Waals surface area contributed by atoms with E-state index in [9.17, 15) is 0 Å². The number of hydrogen-bond donors (Lipinski definition) is 0. The smallest absolute Gasteiger partial charge is 0.286 e. The van der Waals surface area contributed by atoms with Gasteiger partial charge in [-0.15, -0.1) is 0 Å². The van der Waals surface area contributed by atoms with Gasteiger partial charge in [0.15, 0.2) is 0 Å². The van der Waals surface area contributed by atoms with Crippen molar-refractivity contribution in [3.63, 3.8) is 0 Å². The third-order valence-corrected chi connectivity index (χ3v) is 2.71. The average molecular weight is 224 g/mol. The van der Waals surface area contributed by atoms with Crippen LogP contribution in [0, 0.1) is 0 Å². The lowest BCUT2D eigenvalue weighted by Crippen LogP contribution is -2.24. The highest BCUT2D eigenvalue weighted by Gasteiger charge is 2.21. The summed E-state index contributed by atoms with van der Waals surface area (Å²) >= 11 is 0. The second kappa shape index (κ2) is 4.50. The molecular formula is C13H20O3. The van der Waals surface area contributed by atoms with Crippen molar-refractivity contribution in [2.75, 3.05) is 6.61 Å². The molecule has 1 aromatic heterocycles. The van der Waals surface area contributed by atoms with E-state index >= 15 is 0 Å². The Morgan fingerprint density at radius 1 is 1.25 bits per heavy atom. The van der Waals surface area contributed by atoms with Crippen molar-refractivity contribution in [1.29, 1.82) is 0 Å². The predicted octanol–water partition coefficient (Wildman–Crippen LogP) is 3.48. The van der Waals surface area contributed by atoms with Gasteiger partial charge in [0.1, 0.15) is 5.76 Å². The molecule has 2 rings (SSSR count). The van der Waals surface area contributed by atoms with Gasteiger partial charge in [0.25, 0.3) is 5.95 Å². The molecular weight excluding hydrogens is 204 g/mol. The van der Waals surface area contributed by atoms with Crippen molar-refractivity contribution in [3.05, 3.63) is 17.9 Å². The standard InChI is InChI=1S/C13H20O3/c1-13(2,3)10-7-8-12(15-10)16-11-6-4-5-9-14-11/h7-8,11H,4-6,9H2,1-3H3. The van der Waals surface area contributed by atoms with Gasteiger partial charge in [-0.25, -0.2) is 0 Å². The summed E-state index contributed by atoms with van der Waals surface area (Å²) in [5, 5.41) is 0. The Morgan fingerprint density at radius 3 is 2.62 bits per heavy atom. The summed E-state index contributed by atoms with van der Waals surface area (Å²) in [7, 11) is 0. The summed E-state index contributed by atoms with van der Waals surface area (Å²) in [5.74, 6) is 1.51. The molecule has 0 bridgehead atoms. The average Bonchev–Trinajstić information content (AvgIpc) is 2.67. The lowest BCUT2D eigenvalue weighted by Gasteiger charge is -2.22. The molecule has 0 spiro atoms. The minimum absolute atomic E-state index is 0.0228. The molecule has 0 aromatic carbocycles. The number of hydrogen-bond acceptors (Lipinski definition) is 3. The van der Waals surface area contributed by atoms with E-state index in [2.05, 4.69) is 20.8 Å². The normalized spacial score (nSPS) is 22.1. The third kappa shape index (κ3) is 2.79. The zero-order chi connectivity index (χ0) is 11.6. The van der Waals surface area contributed by atoms with E-state index in [1.54, 1.807) is 0 Å². The second-order valence-electron chi connectivity index (χ2n) is 5.28. The molecule has 1 fully saturated rings. The topological polar surface area (TPSA) is 31.6 Å². The second-order valence-corrected chi connectivity index (χ2v) is 5.28. The molecule has 1 unspecified atom stereocenters. The lowest BCUT2D eigenvalue weighted by molar-refractivity contribution is -0.115. The number of rotatable bonds is 2. The molecule has 1 atom stereocenters. The SMILES string of the molecule is CC(C)(C)c1ccc(OC2CCCCO2)o1. The van der Waals surface area contributed by atoms with Crippen LogP contribution in [0.4, 0.5) is 0 Å². The highest BCUT2D eigenvalue weighted by molar-refractivity contribution is 5.17. The molecule has 1 aliphatic rings. The van der Waals surface area contributed by atoms with E-state index in [-0.39, 0.29) is 11.7 Å². The Kier molecular flexibility index (Phi) is 3.24. The number of furan rings is 1. The van der Waals surface area contributed by atoms with Crippen molar-refractivity contribution in [2.45, 2.75) is 51.7 Å². The fraction of sp³-hybridized carbons (Fsp3) is 0.692. The van der Waals surface area contributed by atoms with Gasteiger partial charge in [-0.1, -0.05) is 20.8 Å². The maximum absolute atomic E-state index is 5.65. The molecule has 2 heterocycles. The first kappa shape index (κ1) is 11.5.